The van der Waals surface area contributed by atoms with Gasteiger partial charge in [-0.1, -0.05) is 5.16 Å². The number of carbonyl (C=O) groups is 1. The predicted octanol–water partition coefficient (Wildman–Crippen LogP) is 2.07. The lowest BCUT2D eigenvalue weighted by Gasteiger charge is -2.03. The Labute approximate surface area is 132 Å². The summed E-state index contributed by atoms with van der Waals surface area (Å²) < 4.78 is 10.2. The number of rotatable bonds is 5. The summed E-state index contributed by atoms with van der Waals surface area (Å²) in [7, 11) is 1.57. The molecule has 0 atom stereocenters. The van der Waals surface area contributed by atoms with Crippen molar-refractivity contribution in [3.8, 4) is 17.1 Å². The minimum absolute atomic E-state index is 0.156. The zero-order valence-electron chi connectivity index (χ0n) is 12.4. The van der Waals surface area contributed by atoms with E-state index in [-0.39, 0.29) is 12.5 Å². The van der Waals surface area contributed by atoms with E-state index in [1.165, 1.54) is 0 Å². The van der Waals surface area contributed by atoms with E-state index in [1.807, 2.05) is 0 Å². The highest BCUT2D eigenvalue weighted by Crippen LogP contribution is 2.14. The molecule has 1 amide bonds. The molecule has 0 bridgehead atoms. The number of pyridine rings is 1. The van der Waals surface area contributed by atoms with Crippen molar-refractivity contribution in [2.75, 3.05) is 7.11 Å². The Hall–Kier alpha value is -3.22. The second kappa shape index (κ2) is 6.69. The van der Waals surface area contributed by atoms with Gasteiger partial charge in [-0.2, -0.15) is 4.98 Å². The summed E-state index contributed by atoms with van der Waals surface area (Å²) >= 11 is 0. The number of nitrogens with one attached hydrogen (secondary N) is 1. The minimum Gasteiger partial charge on any atom is -0.497 e. The molecule has 0 spiro atoms. The third kappa shape index (κ3) is 3.52. The van der Waals surface area contributed by atoms with Crippen molar-refractivity contribution >= 4 is 5.91 Å². The monoisotopic (exact) mass is 310 g/mol. The molecule has 0 aliphatic heterocycles. The van der Waals surface area contributed by atoms with E-state index in [4.69, 9.17) is 9.26 Å². The van der Waals surface area contributed by atoms with E-state index in [1.54, 1.807) is 55.9 Å². The van der Waals surface area contributed by atoms with E-state index >= 15 is 0 Å². The summed E-state index contributed by atoms with van der Waals surface area (Å²) in [5.74, 6) is 1.26. The molecule has 7 heteroatoms. The quantitative estimate of drug-likeness (QED) is 0.776. The smallest absolute Gasteiger partial charge is 0.251 e. The topological polar surface area (TPSA) is 90.1 Å². The molecule has 2 aromatic heterocycles. The highest BCUT2D eigenvalue weighted by atomic mass is 16.5. The van der Waals surface area contributed by atoms with Crippen LogP contribution >= 0.6 is 0 Å². The fourth-order valence-electron chi connectivity index (χ4n) is 1.95. The van der Waals surface area contributed by atoms with Gasteiger partial charge in [0.25, 0.3) is 5.91 Å². The minimum atomic E-state index is -0.226. The van der Waals surface area contributed by atoms with E-state index < -0.39 is 0 Å². The van der Waals surface area contributed by atoms with Crippen LogP contribution in [0.15, 0.2) is 53.3 Å². The molecular formula is C16H14N4O3. The van der Waals surface area contributed by atoms with E-state index in [9.17, 15) is 4.79 Å². The van der Waals surface area contributed by atoms with Gasteiger partial charge in [0.05, 0.1) is 13.7 Å². The Morgan fingerprint density at radius 1 is 1.17 bits per heavy atom. The van der Waals surface area contributed by atoms with Gasteiger partial charge in [-0.15, -0.1) is 0 Å². The molecule has 7 nitrogen and oxygen atoms in total. The average Bonchev–Trinajstić information content (AvgIpc) is 3.09. The fraction of sp³-hybridized carbons (Fsp3) is 0.125. The number of methoxy groups -OCH3 is 1. The number of hydrogen-bond acceptors (Lipinski definition) is 6. The summed E-state index contributed by atoms with van der Waals surface area (Å²) in [4.78, 5) is 20.2. The molecule has 0 fully saturated rings. The zero-order valence-corrected chi connectivity index (χ0v) is 12.4. The SMILES string of the molecule is COc1ccc(C(=O)NCc2nc(-c3ccncc3)no2)cc1. The molecule has 0 saturated heterocycles. The van der Waals surface area contributed by atoms with Crippen molar-refractivity contribution in [2.24, 2.45) is 0 Å². The highest BCUT2D eigenvalue weighted by molar-refractivity contribution is 5.94. The first-order valence-electron chi connectivity index (χ1n) is 6.91. The van der Waals surface area contributed by atoms with Gasteiger partial charge < -0.3 is 14.6 Å². The molecule has 0 aliphatic carbocycles. The number of amides is 1. The number of nitrogens with zero attached hydrogens (tertiary/aromatic N) is 3. The third-order valence-corrected chi connectivity index (χ3v) is 3.16. The van der Waals surface area contributed by atoms with Crippen LogP contribution in [-0.4, -0.2) is 28.1 Å². The third-order valence-electron chi connectivity index (χ3n) is 3.16. The second-order valence-electron chi connectivity index (χ2n) is 4.66. The predicted molar refractivity (Wildman–Crippen MR) is 81.7 cm³/mol. The summed E-state index contributed by atoms with van der Waals surface area (Å²) in [6.07, 6.45) is 3.30. The lowest BCUT2D eigenvalue weighted by atomic mass is 10.2. The van der Waals surface area contributed by atoms with Gasteiger partial charge >= 0.3 is 0 Å². The Kier molecular flexibility index (Phi) is 4.28. The first-order chi connectivity index (χ1) is 11.3. The maximum absolute atomic E-state index is 12.0. The van der Waals surface area contributed by atoms with Crippen molar-refractivity contribution in [3.05, 3.63) is 60.2 Å². The molecule has 0 aliphatic rings. The van der Waals surface area contributed by atoms with Crippen LogP contribution < -0.4 is 10.1 Å². The number of hydrogen-bond donors (Lipinski definition) is 1. The molecule has 3 aromatic rings. The zero-order chi connectivity index (χ0) is 16.1. The Bertz CT molecular complexity index is 785. The Balaban J connectivity index is 1.62. The number of carbonyl (C=O) groups excluding carboxylic acids is 1. The molecule has 0 saturated carbocycles. The molecule has 3 rings (SSSR count). The van der Waals surface area contributed by atoms with E-state index in [0.29, 0.717) is 23.0 Å². The largest absolute Gasteiger partial charge is 0.497 e. The van der Waals surface area contributed by atoms with Gasteiger partial charge in [-0.05, 0) is 36.4 Å². The van der Waals surface area contributed by atoms with Crippen molar-refractivity contribution in [1.82, 2.24) is 20.4 Å². The van der Waals surface area contributed by atoms with Crippen LogP contribution in [0.25, 0.3) is 11.4 Å². The van der Waals surface area contributed by atoms with Crippen LogP contribution in [0, 0.1) is 0 Å². The number of ether oxygens (including phenoxy) is 1. The standard InChI is InChI=1S/C16H14N4O3/c1-22-13-4-2-12(3-5-13)16(21)18-10-14-19-15(20-23-14)11-6-8-17-9-7-11/h2-9H,10H2,1H3,(H,18,21). The van der Waals surface area contributed by atoms with E-state index in [2.05, 4.69) is 20.4 Å². The summed E-state index contributed by atoms with van der Waals surface area (Å²) in [6, 6.07) is 10.4. The molecule has 1 aromatic carbocycles. The van der Waals surface area contributed by atoms with E-state index in [0.717, 1.165) is 5.56 Å². The van der Waals surface area contributed by atoms with Crippen LogP contribution in [0.2, 0.25) is 0 Å². The molecule has 116 valence electrons. The first kappa shape index (κ1) is 14.7. The van der Waals surface area contributed by atoms with Crippen molar-refractivity contribution < 1.29 is 14.1 Å². The van der Waals surface area contributed by atoms with Gasteiger partial charge in [-0.3, -0.25) is 9.78 Å². The summed E-state index contributed by atoms with van der Waals surface area (Å²) in [6.45, 7) is 0.156. The lowest BCUT2D eigenvalue weighted by molar-refractivity contribution is 0.0946. The number of benzene rings is 1. The highest BCUT2D eigenvalue weighted by Gasteiger charge is 2.11. The number of aromatic nitrogens is 3. The van der Waals surface area contributed by atoms with Gasteiger partial charge in [0.2, 0.25) is 11.7 Å². The Morgan fingerprint density at radius 3 is 2.61 bits per heavy atom. The molecule has 1 N–H and O–H groups in total. The van der Waals surface area contributed by atoms with Gasteiger partial charge in [0.1, 0.15) is 5.75 Å². The fourth-order valence-corrected chi connectivity index (χ4v) is 1.95. The maximum atomic E-state index is 12.0. The average molecular weight is 310 g/mol. The maximum Gasteiger partial charge on any atom is 0.251 e. The van der Waals surface area contributed by atoms with Crippen LogP contribution in [-0.2, 0) is 6.54 Å². The van der Waals surface area contributed by atoms with Crippen molar-refractivity contribution in [1.29, 1.82) is 0 Å². The Morgan fingerprint density at radius 2 is 1.91 bits per heavy atom. The van der Waals surface area contributed by atoms with Crippen LogP contribution in [0.1, 0.15) is 16.2 Å². The van der Waals surface area contributed by atoms with Crippen LogP contribution in [0.3, 0.4) is 0 Å². The van der Waals surface area contributed by atoms with Gasteiger partial charge in [0, 0.05) is 23.5 Å². The van der Waals surface area contributed by atoms with Crippen molar-refractivity contribution in [3.63, 3.8) is 0 Å². The van der Waals surface area contributed by atoms with Crippen molar-refractivity contribution in [2.45, 2.75) is 6.54 Å². The molecule has 0 unspecified atom stereocenters. The lowest BCUT2D eigenvalue weighted by Crippen LogP contribution is -2.22. The van der Waals surface area contributed by atoms with Crippen LogP contribution in [0.4, 0.5) is 0 Å². The summed E-state index contributed by atoms with van der Waals surface area (Å²) in [5.41, 5.74) is 1.33. The molecule has 23 heavy (non-hydrogen) atoms. The van der Waals surface area contributed by atoms with Gasteiger partial charge in [-0.25, -0.2) is 0 Å². The molecular weight excluding hydrogens is 296 g/mol. The second-order valence-corrected chi connectivity index (χ2v) is 4.66. The van der Waals surface area contributed by atoms with Gasteiger partial charge in [0.15, 0.2) is 0 Å². The van der Waals surface area contributed by atoms with Crippen LogP contribution in [0.5, 0.6) is 5.75 Å². The normalized spacial score (nSPS) is 10.3. The molecule has 2 heterocycles. The first-order valence-corrected chi connectivity index (χ1v) is 6.91. The molecule has 0 radical (unpaired) electrons. The summed E-state index contributed by atoms with van der Waals surface area (Å²) in [5, 5.41) is 6.61.